The van der Waals surface area contributed by atoms with Gasteiger partial charge in [0, 0.05) is 19.6 Å². The molecule has 128 valence electrons. The number of hydrogen-bond donors (Lipinski definition) is 2. The highest BCUT2D eigenvalue weighted by Crippen LogP contribution is 2.10. The number of rotatable bonds is 6. The van der Waals surface area contributed by atoms with Gasteiger partial charge in [-0.15, -0.1) is 0 Å². The van der Waals surface area contributed by atoms with Crippen LogP contribution < -0.4 is 10.6 Å². The molecule has 6 nitrogen and oxygen atoms in total. The van der Waals surface area contributed by atoms with Crippen LogP contribution in [0.4, 0.5) is 4.79 Å². The molecule has 1 rings (SSSR count). The first-order chi connectivity index (χ1) is 10.3. The van der Waals surface area contributed by atoms with Gasteiger partial charge in [-0.1, -0.05) is 0 Å². The number of carbonyl (C=O) groups is 2. The Labute approximate surface area is 134 Å². The quantitative estimate of drug-likeness (QED) is 0.735. The topological polar surface area (TPSA) is 70.7 Å². The van der Waals surface area contributed by atoms with E-state index in [9.17, 15) is 9.59 Å². The molecule has 22 heavy (non-hydrogen) atoms. The molecule has 0 aromatic rings. The summed E-state index contributed by atoms with van der Waals surface area (Å²) in [4.78, 5) is 25.6. The maximum absolute atomic E-state index is 12.2. The van der Waals surface area contributed by atoms with Crippen LogP contribution in [0.5, 0.6) is 0 Å². The van der Waals surface area contributed by atoms with Gasteiger partial charge < -0.3 is 20.3 Å². The second-order valence-corrected chi connectivity index (χ2v) is 6.84. The molecule has 0 bridgehead atoms. The van der Waals surface area contributed by atoms with Gasteiger partial charge in [-0.3, -0.25) is 4.79 Å². The van der Waals surface area contributed by atoms with Crippen LogP contribution in [0.2, 0.25) is 0 Å². The number of nitrogens with one attached hydrogen (secondary N) is 2. The third-order valence-electron chi connectivity index (χ3n) is 3.51. The lowest BCUT2D eigenvalue weighted by molar-refractivity contribution is -0.133. The van der Waals surface area contributed by atoms with Gasteiger partial charge in [0.05, 0.1) is 6.04 Å². The predicted octanol–water partition coefficient (Wildman–Crippen LogP) is 1.89. The number of nitrogens with zero attached hydrogens (tertiary/aromatic N) is 1. The summed E-state index contributed by atoms with van der Waals surface area (Å²) in [5.74, 6) is 0.180. The molecule has 1 heterocycles. The number of likely N-dealkylation sites (tertiary alicyclic amines) is 1. The minimum Gasteiger partial charge on any atom is -0.444 e. The van der Waals surface area contributed by atoms with Crippen molar-refractivity contribution < 1.29 is 14.3 Å². The summed E-state index contributed by atoms with van der Waals surface area (Å²) in [7, 11) is 0. The molecule has 1 saturated heterocycles. The standard InChI is InChI=1S/C16H31N3O3/c1-13(14(20)19-11-6-5-7-12-19)17-9-8-10-18-15(21)22-16(2,3)4/h13,17H,5-12H2,1-4H3,(H,18,21). The highest BCUT2D eigenvalue weighted by Gasteiger charge is 2.21. The number of hydrogen-bond acceptors (Lipinski definition) is 4. The minimum absolute atomic E-state index is 0.167. The molecule has 0 aliphatic carbocycles. The van der Waals surface area contributed by atoms with Crippen LogP contribution in [0.15, 0.2) is 0 Å². The van der Waals surface area contributed by atoms with Gasteiger partial charge >= 0.3 is 6.09 Å². The summed E-state index contributed by atoms with van der Waals surface area (Å²) in [6.07, 6.45) is 3.81. The first kappa shape index (κ1) is 18.7. The van der Waals surface area contributed by atoms with Gasteiger partial charge in [0.25, 0.3) is 0 Å². The average molecular weight is 313 g/mol. The molecule has 0 aromatic heterocycles. The van der Waals surface area contributed by atoms with E-state index in [-0.39, 0.29) is 11.9 Å². The fourth-order valence-corrected chi connectivity index (χ4v) is 2.39. The summed E-state index contributed by atoms with van der Waals surface area (Å²) >= 11 is 0. The maximum Gasteiger partial charge on any atom is 0.407 e. The van der Waals surface area contributed by atoms with Crippen LogP contribution in [0, 0.1) is 0 Å². The van der Waals surface area contributed by atoms with Gasteiger partial charge in [0.1, 0.15) is 5.60 Å². The van der Waals surface area contributed by atoms with Crippen LogP contribution in [0.3, 0.4) is 0 Å². The van der Waals surface area contributed by atoms with E-state index < -0.39 is 11.7 Å². The van der Waals surface area contributed by atoms with Crippen molar-refractivity contribution in [3.05, 3.63) is 0 Å². The molecule has 1 atom stereocenters. The Morgan fingerprint density at radius 2 is 1.77 bits per heavy atom. The highest BCUT2D eigenvalue weighted by molar-refractivity contribution is 5.81. The first-order valence-electron chi connectivity index (χ1n) is 8.28. The third kappa shape index (κ3) is 7.64. The van der Waals surface area contributed by atoms with Gasteiger partial charge in [-0.05, 0) is 59.9 Å². The van der Waals surface area contributed by atoms with Crippen LogP contribution in [0.1, 0.15) is 53.4 Å². The van der Waals surface area contributed by atoms with Crippen molar-refractivity contribution in [1.82, 2.24) is 15.5 Å². The van der Waals surface area contributed by atoms with Crippen molar-refractivity contribution in [3.8, 4) is 0 Å². The zero-order valence-electron chi connectivity index (χ0n) is 14.4. The molecular formula is C16H31N3O3. The largest absolute Gasteiger partial charge is 0.444 e. The minimum atomic E-state index is -0.474. The zero-order chi connectivity index (χ0) is 16.6. The Bertz CT molecular complexity index is 360. The van der Waals surface area contributed by atoms with Gasteiger partial charge in [-0.2, -0.15) is 0 Å². The fraction of sp³-hybridized carbons (Fsp3) is 0.875. The molecule has 1 aliphatic rings. The molecule has 1 fully saturated rings. The van der Waals surface area contributed by atoms with Crippen molar-refractivity contribution >= 4 is 12.0 Å². The smallest absolute Gasteiger partial charge is 0.407 e. The highest BCUT2D eigenvalue weighted by atomic mass is 16.6. The van der Waals surface area contributed by atoms with E-state index in [0.29, 0.717) is 13.1 Å². The summed E-state index contributed by atoms with van der Waals surface area (Å²) in [5.41, 5.74) is -0.474. The molecule has 1 unspecified atom stereocenters. The molecule has 6 heteroatoms. The van der Waals surface area contributed by atoms with Crippen LogP contribution in [0.25, 0.3) is 0 Å². The van der Waals surface area contributed by atoms with Crippen molar-refractivity contribution in [3.63, 3.8) is 0 Å². The van der Waals surface area contributed by atoms with E-state index in [1.54, 1.807) is 0 Å². The molecular weight excluding hydrogens is 282 g/mol. The SMILES string of the molecule is CC(NCCCNC(=O)OC(C)(C)C)C(=O)N1CCCCC1. The van der Waals surface area contributed by atoms with E-state index in [1.165, 1.54) is 6.42 Å². The Morgan fingerprint density at radius 1 is 1.14 bits per heavy atom. The molecule has 2 amide bonds. The second-order valence-electron chi connectivity index (χ2n) is 6.84. The number of ether oxygens (including phenoxy) is 1. The van der Waals surface area contributed by atoms with Crippen molar-refractivity contribution in [2.24, 2.45) is 0 Å². The number of alkyl carbamates (subject to hydrolysis) is 1. The Morgan fingerprint density at radius 3 is 2.36 bits per heavy atom. The van der Waals surface area contributed by atoms with Crippen molar-refractivity contribution in [2.45, 2.75) is 65.0 Å². The Kier molecular flexibility index (Phi) is 7.65. The second kappa shape index (κ2) is 8.98. The molecule has 0 aromatic carbocycles. The molecule has 1 aliphatic heterocycles. The summed E-state index contributed by atoms with van der Waals surface area (Å²) < 4.78 is 5.15. The van der Waals surface area contributed by atoms with E-state index >= 15 is 0 Å². The van der Waals surface area contributed by atoms with Gasteiger partial charge in [-0.25, -0.2) is 4.79 Å². The Balaban J connectivity index is 2.10. The van der Waals surface area contributed by atoms with Crippen LogP contribution in [-0.2, 0) is 9.53 Å². The van der Waals surface area contributed by atoms with Gasteiger partial charge in [0.2, 0.25) is 5.91 Å². The van der Waals surface area contributed by atoms with E-state index in [2.05, 4.69) is 10.6 Å². The van der Waals surface area contributed by atoms with E-state index in [1.807, 2.05) is 32.6 Å². The summed E-state index contributed by atoms with van der Waals surface area (Å²) in [6.45, 7) is 10.4. The van der Waals surface area contributed by atoms with Crippen LogP contribution in [-0.4, -0.2) is 54.7 Å². The maximum atomic E-state index is 12.2. The predicted molar refractivity (Wildman–Crippen MR) is 86.7 cm³/mol. The lowest BCUT2D eigenvalue weighted by Gasteiger charge is -2.29. The van der Waals surface area contributed by atoms with E-state index in [4.69, 9.17) is 4.74 Å². The van der Waals surface area contributed by atoms with E-state index in [0.717, 1.165) is 32.4 Å². The number of carbonyl (C=O) groups excluding carboxylic acids is 2. The van der Waals surface area contributed by atoms with Crippen LogP contribution >= 0.6 is 0 Å². The van der Waals surface area contributed by atoms with Crippen molar-refractivity contribution in [1.29, 1.82) is 0 Å². The van der Waals surface area contributed by atoms with Crippen molar-refractivity contribution in [2.75, 3.05) is 26.2 Å². The lowest BCUT2D eigenvalue weighted by atomic mass is 10.1. The third-order valence-corrected chi connectivity index (χ3v) is 3.51. The average Bonchev–Trinajstić information content (AvgIpc) is 2.45. The fourth-order valence-electron chi connectivity index (χ4n) is 2.39. The number of amides is 2. The normalized spacial score (nSPS) is 17.0. The molecule has 2 N–H and O–H groups in total. The summed E-state index contributed by atoms with van der Waals surface area (Å²) in [5, 5.41) is 5.93. The number of piperidine rings is 1. The molecule has 0 radical (unpaired) electrons. The monoisotopic (exact) mass is 313 g/mol. The molecule has 0 saturated carbocycles. The zero-order valence-corrected chi connectivity index (χ0v) is 14.4. The Hall–Kier alpha value is -1.30. The summed E-state index contributed by atoms with van der Waals surface area (Å²) in [6, 6.07) is -0.167. The first-order valence-corrected chi connectivity index (χ1v) is 8.28. The lowest BCUT2D eigenvalue weighted by Crippen LogP contribution is -2.47. The molecule has 0 spiro atoms. The van der Waals surface area contributed by atoms with Gasteiger partial charge in [0.15, 0.2) is 0 Å².